The number of H-pyrrole nitrogens is 1. The molecule has 0 radical (unpaired) electrons. The number of nitriles is 1. The molecule has 0 bridgehead atoms. The molecule has 4 aromatic heterocycles. The number of hydrogen-bond acceptors (Lipinski definition) is 21. The summed E-state index contributed by atoms with van der Waals surface area (Å²) in [4.78, 5) is 66.6. The van der Waals surface area contributed by atoms with Gasteiger partial charge in [-0.3, -0.25) is 19.3 Å². The van der Waals surface area contributed by atoms with Crippen LogP contribution in [0.15, 0.2) is 60.8 Å². The first-order valence-corrected chi connectivity index (χ1v) is 26.4. The summed E-state index contributed by atoms with van der Waals surface area (Å²) < 4.78 is 52.4. The summed E-state index contributed by atoms with van der Waals surface area (Å²) in [5, 5.41) is 36.4. The van der Waals surface area contributed by atoms with Gasteiger partial charge in [0.05, 0.1) is 166 Å². The van der Waals surface area contributed by atoms with Crippen molar-refractivity contribution in [1.82, 2.24) is 54.8 Å². The van der Waals surface area contributed by atoms with Crippen LogP contribution in [0.1, 0.15) is 57.9 Å². The molecule has 2 amide bonds. The second-order valence-corrected chi connectivity index (χ2v) is 18.2. The zero-order chi connectivity index (χ0) is 55.4. The number of benzene rings is 1. The van der Waals surface area contributed by atoms with Gasteiger partial charge in [0.15, 0.2) is 5.82 Å². The third kappa shape index (κ3) is 18.1. The van der Waals surface area contributed by atoms with Crippen molar-refractivity contribution in [2.45, 2.75) is 50.9 Å². The van der Waals surface area contributed by atoms with Crippen LogP contribution in [0.3, 0.4) is 0 Å². The van der Waals surface area contributed by atoms with Crippen LogP contribution in [0.5, 0.6) is 5.75 Å². The van der Waals surface area contributed by atoms with E-state index in [1.165, 1.54) is 35.4 Å². The van der Waals surface area contributed by atoms with E-state index in [9.17, 15) is 29.5 Å². The number of likely N-dealkylation sites (tertiary alicyclic amines) is 2. The Labute approximate surface area is 457 Å². The highest BCUT2D eigenvalue weighted by Gasteiger charge is 2.34. The Morgan fingerprint density at radius 3 is 2.03 bits per heavy atom. The lowest BCUT2D eigenvalue weighted by molar-refractivity contribution is -0.126. The zero-order valence-corrected chi connectivity index (χ0v) is 44.5. The minimum Gasteiger partial charge on any atom is -0.494 e. The number of aromatic nitrogens is 8. The average molecular weight is 1100 g/mol. The fourth-order valence-corrected chi connectivity index (χ4v) is 8.90. The van der Waals surface area contributed by atoms with Crippen LogP contribution in [0, 0.1) is 11.3 Å². The van der Waals surface area contributed by atoms with E-state index in [2.05, 4.69) is 41.7 Å². The van der Waals surface area contributed by atoms with Gasteiger partial charge in [-0.2, -0.15) is 9.94 Å². The van der Waals surface area contributed by atoms with E-state index in [0.29, 0.717) is 173 Å². The number of ketones is 1. The molecule has 3 N–H and O–H groups in total. The Hall–Kier alpha value is -6.90. The molecule has 5 aromatic rings. The molecule has 6 heterocycles. The lowest BCUT2D eigenvalue weighted by Crippen LogP contribution is -2.40. The van der Waals surface area contributed by atoms with Gasteiger partial charge in [-0.1, -0.05) is 35.5 Å². The molecule has 2 saturated heterocycles. The number of Topliss-reactive ketones (excluding diaryl/α,β-unsaturated/α-hetero) is 1. The molecule has 0 unspecified atom stereocenters. The molecule has 0 aliphatic carbocycles. The fourth-order valence-electron chi connectivity index (χ4n) is 8.90. The van der Waals surface area contributed by atoms with Crippen LogP contribution < -0.4 is 10.1 Å². The Bertz CT molecular complexity index is 2750. The number of pyridine rings is 1. The van der Waals surface area contributed by atoms with Crippen molar-refractivity contribution in [3.05, 3.63) is 83.5 Å². The minimum absolute atomic E-state index is 0.0867. The summed E-state index contributed by atoms with van der Waals surface area (Å²) >= 11 is 0. The molecule has 1 aromatic carbocycles. The third-order valence-electron chi connectivity index (χ3n) is 12.9. The molecule has 79 heavy (non-hydrogen) atoms. The van der Waals surface area contributed by atoms with Gasteiger partial charge < -0.3 is 67.7 Å². The molecule has 426 valence electrons. The number of hydrogen-bond donors (Lipinski definition) is 3. The summed E-state index contributed by atoms with van der Waals surface area (Å²) in [6, 6.07) is 11.1. The number of rotatable bonds is 37. The molecule has 26 heteroatoms. The van der Waals surface area contributed by atoms with Gasteiger partial charge in [0.1, 0.15) is 18.4 Å². The van der Waals surface area contributed by atoms with Crippen LogP contribution in [-0.2, 0) is 60.6 Å². The van der Waals surface area contributed by atoms with E-state index in [4.69, 9.17) is 42.6 Å². The van der Waals surface area contributed by atoms with Gasteiger partial charge in [0.2, 0.25) is 5.82 Å². The van der Waals surface area contributed by atoms with E-state index in [1.807, 2.05) is 41.4 Å². The molecule has 26 nitrogen and oxygen atoms in total. The number of carbonyl (C=O) groups excluding carboxylic acids is 4. The molecule has 2 aliphatic heterocycles. The van der Waals surface area contributed by atoms with Crippen molar-refractivity contribution >= 4 is 40.4 Å². The number of nitrogens with zero attached hydrogens (tertiary/aromatic N) is 10. The van der Waals surface area contributed by atoms with E-state index >= 15 is 0 Å². The number of nitrogens with one attached hydrogen (secondary N) is 2. The predicted octanol–water partition coefficient (Wildman–Crippen LogP) is 1.61. The first-order valence-electron chi connectivity index (χ1n) is 26.4. The van der Waals surface area contributed by atoms with Gasteiger partial charge in [0, 0.05) is 57.1 Å². The molecule has 7 rings (SSSR count). The highest BCUT2D eigenvalue weighted by Crippen LogP contribution is 2.33. The summed E-state index contributed by atoms with van der Waals surface area (Å²) in [5.74, 6) is -1.60. The second kappa shape index (κ2) is 32.9. The predicted molar refractivity (Wildman–Crippen MR) is 281 cm³/mol. The maximum Gasteiger partial charge on any atom is 0.295 e. The molecule has 0 spiro atoms. The lowest BCUT2D eigenvalue weighted by atomic mass is 9.93. The van der Waals surface area contributed by atoms with E-state index in [1.54, 1.807) is 4.68 Å². The Morgan fingerprint density at radius 1 is 0.835 bits per heavy atom. The number of ether oxygens (including phenoxy) is 9. The monoisotopic (exact) mass is 1100 g/mol. The molecular weight excluding hydrogens is 1030 g/mol. The van der Waals surface area contributed by atoms with E-state index in [0.717, 1.165) is 17.4 Å². The molecule has 2 aliphatic rings. The number of fused-ring (bicyclic) bond motifs is 1. The Balaban J connectivity index is 0.753. The van der Waals surface area contributed by atoms with Crippen LogP contribution in [0.4, 0.5) is 0 Å². The number of aldehydes is 1. The van der Waals surface area contributed by atoms with Gasteiger partial charge in [-0.25, -0.2) is 14.6 Å². The number of aliphatic hydroxyl groups is 1. The number of aliphatic hydroxyl groups excluding tert-OH is 1. The minimum atomic E-state index is -0.736. The highest BCUT2D eigenvalue weighted by molar-refractivity contribution is 6.45. The SMILES string of the molecule is COc1cnc(-n2cnc(C(=O)N[C@H]3C[C@@H](CO)N(Cc4cn(CCOCCOCCOCCOCCOCCOCCOCCOCCC=O)nn4)C3)n2)c2[nH]cc(C(=O)C(=O)N3CCC(=C(C#N)c4ccccc4)CC3)c12. The first-order chi connectivity index (χ1) is 38.8. The van der Waals surface area contributed by atoms with Crippen molar-refractivity contribution in [1.29, 1.82) is 5.26 Å². The number of amides is 2. The van der Waals surface area contributed by atoms with Gasteiger partial charge in [0.25, 0.3) is 17.6 Å². The largest absolute Gasteiger partial charge is 0.494 e. The van der Waals surface area contributed by atoms with Crippen molar-refractivity contribution in [2.24, 2.45) is 0 Å². The Kier molecular flexibility index (Phi) is 24.9. The molecule has 0 saturated carbocycles. The van der Waals surface area contributed by atoms with Gasteiger partial charge >= 0.3 is 0 Å². The van der Waals surface area contributed by atoms with Gasteiger partial charge in [-0.15, -0.1) is 10.2 Å². The van der Waals surface area contributed by atoms with Crippen LogP contribution in [-0.4, -0.2) is 230 Å². The fraction of sp³-hybridized carbons (Fsp3) is 0.547. The lowest BCUT2D eigenvalue weighted by Gasteiger charge is -2.28. The summed E-state index contributed by atoms with van der Waals surface area (Å²) in [6.45, 7) is 8.86. The third-order valence-corrected chi connectivity index (χ3v) is 12.9. The average Bonchev–Trinajstić information content (AvgIpc) is 4.51. The number of allylic oxidation sites excluding steroid dienone is 1. The number of piperidine rings is 1. The maximum absolute atomic E-state index is 13.8. The number of methoxy groups -OCH3 is 1. The normalized spacial score (nSPS) is 15.7. The zero-order valence-electron chi connectivity index (χ0n) is 44.5. The summed E-state index contributed by atoms with van der Waals surface area (Å²) in [6.07, 6.45) is 8.62. The van der Waals surface area contributed by atoms with Gasteiger partial charge in [-0.05, 0) is 30.4 Å². The van der Waals surface area contributed by atoms with Crippen molar-refractivity contribution in [2.75, 3.05) is 139 Å². The maximum atomic E-state index is 13.8. The molecular formula is C53H70N12O14. The van der Waals surface area contributed by atoms with Crippen molar-refractivity contribution in [3.63, 3.8) is 0 Å². The van der Waals surface area contributed by atoms with Crippen LogP contribution in [0.2, 0.25) is 0 Å². The van der Waals surface area contributed by atoms with Crippen LogP contribution >= 0.6 is 0 Å². The number of carbonyl (C=O) groups is 4. The Morgan fingerprint density at radius 2 is 1.44 bits per heavy atom. The standard InChI is InChI=1S/C53H70N12O14/c1-71-46-33-56-51(48-47(46)45(32-55-48)49(68)53(70)62-10-8-40(9-11-62)44(31-54)39-6-3-2-4-7-39)65-38-57-50(60-65)52(69)58-41-30-43(37-67)63(34-41)35-42-36-64(61-59-42)12-15-73-17-19-75-21-23-77-25-27-79-29-28-78-26-24-76-22-20-74-18-16-72-14-5-13-66/h2-4,6-7,13,32-33,36,38,41,43,55,67H,5,8-12,14-30,34-35,37H2,1H3,(H,58,69)/t41-,43-/m0/s1. The summed E-state index contributed by atoms with van der Waals surface area (Å²) in [5.41, 5.74) is 3.48. The van der Waals surface area contributed by atoms with Crippen molar-refractivity contribution < 1.29 is 66.9 Å². The first kappa shape index (κ1) is 59.8. The summed E-state index contributed by atoms with van der Waals surface area (Å²) in [7, 11) is 1.43. The quantitative estimate of drug-likeness (QED) is 0.0167. The van der Waals surface area contributed by atoms with Crippen molar-refractivity contribution in [3.8, 4) is 17.6 Å². The highest BCUT2D eigenvalue weighted by atomic mass is 16.6. The number of aromatic amines is 1. The van der Waals surface area contributed by atoms with E-state index < -0.39 is 17.6 Å². The second-order valence-electron chi connectivity index (χ2n) is 18.2. The molecule has 2 fully saturated rings. The topological polar surface area (TPSA) is 304 Å². The molecule has 2 atom stereocenters. The smallest absolute Gasteiger partial charge is 0.295 e. The van der Waals surface area contributed by atoms with E-state index in [-0.39, 0.29) is 54.7 Å². The van der Waals surface area contributed by atoms with Crippen LogP contribution in [0.25, 0.3) is 22.3 Å².